The van der Waals surface area contributed by atoms with Crippen LogP contribution < -0.4 is 26.1 Å². The molecule has 0 saturated heterocycles. The van der Waals surface area contributed by atoms with E-state index in [9.17, 15) is 13.2 Å². The number of benzene rings is 2. The maximum absolute atomic E-state index is 12.9. The van der Waals surface area contributed by atoms with Crippen molar-refractivity contribution in [1.29, 1.82) is 0 Å². The number of nitrogens with zero attached hydrogens (tertiary/aromatic N) is 2. The molecule has 0 atom stereocenters. The normalized spacial score (nSPS) is 13.6. The van der Waals surface area contributed by atoms with Crippen LogP contribution >= 0.6 is 0 Å². The number of hydrogen-bond acceptors (Lipinski definition) is 6. The second kappa shape index (κ2) is 7.52. The molecule has 0 aromatic heterocycles. The van der Waals surface area contributed by atoms with Crippen LogP contribution in [0.25, 0.3) is 0 Å². The van der Waals surface area contributed by atoms with Crippen molar-refractivity contribution in [3.8, 4) is 5.75 Å². The van der Waals surface area contributed by atoms with Gasteiger partial charge in [-0.15, -0.1) is 5.53 Å². The molecule has 138 valence electrons. The van der Waals surface area contributed by atoms with Crippen LogP contribution in [0, 0.1) is 6.92 Å². The van der Waals surface area contributed by atoms with Crippen molar-refractivity contribution in [3.05, 3.63) is 53.6 Å². The van der Waals surface area contributed by atoms with Crippen LogP contribution in [0.1, 0.15) is 11.1 Å². The molecule has 3 rings (SSSR count). The first-order chi connectivity index (χ1) is 12.4. The van der Waals surface area contributed by atoms with Gasteiger partial charge in [0.2, 0.25) is 0 Å². The highest BCUT2D eigenvalue weighted by Crippen LogP contribution is 2.33. The van der Waals surface area contributed by atoms with Gasteiger partial charge in [0.05, 0.1) is 11.3 Å². The first-order valence-corrected chi connectivity index (χ1v) is 7.91. The summed E-state index contributed by atoms with van der Waals surface area (Å²) < 4.78 is 44.4. The van der Waals surface area contributed by atoms with Gasteiger partial charge in [-0.25, -0.2) is 10.5 Å². The third-order valence-electron chi connectivity index (χ3n) is 3.75. The summed E-state index contributed by atoms with van der Waals surface area (Å²) >= 11 is 0. The zero-order valence-corrected chi connectivity index (χ0v) is 14.0. The lowest BCUT2D eigenvalue weighted by molar-refractivity contribution is -0.138. The number of nitrogens with one attached hydrogen (secondary N) is 3. The molecule has 0 radical (unpaired) electrons. The summed E-state index contributed by atoms with van der Waals surface area (Å²) in [4.78, 5) is 0. The molecule has 0 fully saturated rings. The first-order valence-electron chi connectivity index (χ1n) is 7.91. The van der Waals surface area contributed by atoms with Crippen LogP contribution in [0.15, 0.2) is 47.6 Å². The summed E-state index contributed by atoms with van der Waals surface area (Å²) in [6.07, 6.45) is -2.78. The summed E-state index contributed by atoms with van der Waals surface area (Å²) in [5.74, 6) is 0.645. The van der Waals surface area contributed by atoms with Crippen LogP contribution in [0.2, 0.25) is 0 Å². The molecule has 0 bridgehead atoms. The lowest BCUT2D eigenvalue weighted by Gasteiger charge is -2.15. The summed E-state index contributed by atoms with van der Waals surface area (Å²) in [7, 11) is 0. The molecule has 0 aliphatic carbocycles. The monoisotopic (exact) mass is 365 g/mol. The van der Waals surface area contributed by atoms with Gasteiger partial charge in [-0.05, 0) is 36.8 Å². The molecule has 9 heteroatoms. The minimum Gasteiger partial charge on any atom is -0.492 e. The number of hydrazine groups is 2. The Balaban J connectivity index is 1.53. The zero-order chi connectivity index (χ0) is 18.6. The zero-order valence-electron chi connectivity index (χ0n) is 14.0. The van der Waals surface area contributed by atoms with Gasteiger partial charge in [-0.2, -0.15) is 18.3 Å². The SMILES string of the molecule is Cc1ccc(NCCOc2cccc(N3C=NNN3)c2)cc1C(F)(F)F. The predicted octanol–water partition coefficient (Wildman–Crippen LogP) is 3.28. The number of halogens is 3. The van der Waals surface area contributed by atoms with Crippen molar-refractivity contribution < 1.29 is 17.9 Å². The Labute approximate surface area is 148 Å². The lowest BCUT2D eigenvalue weighted by Crippen LogP contribution is -2.37. The molecule has 0 saturated carbocycles. The van der Waals surface area contributed by atoms with Crippen molar-refractivity contribution in [2.75, 3.05) is 23.5 Å². The van der Waals surface area contributed by atoms with Crippen molar-refractivity contribution in [3.63, 3.8) is 0 Å². The van der Waals surface area contributed by atoms with Gasteiger partial charge >= 0.3 is 6.18 Å². The minimum absolute atomic E-state index is 0.199. The fourth-order valence-corrected chi connectivity index (χ4v) is 2.45. The highest BCUT2D eigenvalue weighted by molar-refractivity contribution is 5.79. The van der Waals surface area contributed by atoms with Crippen molar-refractivity contribution in [2.45, 2.75) is 13.1 Å². The predicted molar refractivity (Wildman–Crippen MR) is 93.9 cm³/mol. The van der Waals surface area contributed by atoms with E-state index < -0.39 is 11.7 Å². The van der Waals surface area contributed by atoms with E-state index in [2.05, 4.69) is 21.5 Å². The smallest absolute Gasteiger partial charge is 0.416 e. The Bertz CT molecular complexity index is 794. The van der Waals surface area contributed by atoms with E-state index >= 15 is 0 Å². The number of alkyl halides is 3. The van der Waals surface area contributed by atoms with Crippen LogP contribution in [0.5, 0.6) is 5.75 Å². The third-order valence-corrected chi connectivity index (χ3v) is 3.75. The van der Waals surface area contributed by atoms with Gasteiger partial charge in [-0.3, -0.25) is 0 Å². The molecule has 26 heavy (non-hydrogen) atoms. The molecule has 2 aromatic carbocycles. The summed E-state index contributed by atoms with van der Waals surface area (Å²) in [5.41, 5.74) is 6.21. The molecule has 1 aliphatic heterocycles. The molecular formula is C17H18F3N5O. The van der Waals surface area contributed by atoms with Crippen LogP contribution in [-0.2, 0) is 6.18 Å². The molecular weight excluding hydrogens is 347 g/mol. The number of anilines is 2. The molecule has 6 nitrogen and oxygen atoms in total. The van der Waals surface area contributed by atoms with E-state index in [1.807, 2.05) is 18.2 Å². The number of aryl methyl sites for hydroxylation is 1. The summed E-state index contributed by atoms with van der Waals surface area (Å²) in [5, 5.41) is 8.44. The average Bonchev–Trinajstić information content (AvgIpc) is 3.14. The van der Waals surface area contributed by atoms with Gasteiger partial charge in [0.1, 0.15) is 18.7 Å². The highest BCUT2D eigenvalue weighted by atomic mass is 19.4. The van der Waals surface area contributed by atoms with Gasteiger partial charge in [0.15, 0.2) is 0 Å². The second-order valence-corrected chi connectivity index (χ2v) is 5.64. The van der Waals surface area contributed by atoms with E-state index in [0.29, 0.717) is 24.6 Å². The van der Waals surface area contributed by atoms with Crippen molar-refractivity contribution >= 4 is 17.7 Å². The average molecular weight is 365 g/mol. The van der Waals surface area contributed by atoms with Gasteiger partial charge < -0.3 is 10.1 Å². The van der Waals surface area contributed by atoms with Crippen LogP contribution in [-0.4, -0.2) is 19.5 Å². The standard InChI is InChI=1S/C17H18F3N5O/c1-12-5-6-13(9-16(12)17(18,19)20)21-7-8-26-15-4-2-3-14(10-15)25-11-22-23-24-25/h2-6,9-11,21,23-24H,7-8H2,1H3. The molecule has 0 amide bonds. The van der Waals surface area contributed by atoms with E-state index in [1.165, 1.54) is 13.0 Å². The molecule has 1 heterocycles. The van der Waals surface area contributed by atoms with Gasteiger partial charge in [0.25, 0.3) is 0 Å². The topological polar surface area (TPSA) is 60.9 Å². The van der Waals surface area contributed by atoms with Crippen molar-refractivity contribution in [2.24, 2.45) is 5.10 Å². The number of ether oxygens (including phenoxy) is 1. The van der Waals surface area contributed by atoms with Gasteiger partial charge in [-0.1, -0.05) is 12.1 Å². The molecule has 0 unspecified atom stereocenters. The Morgan fingerprint density at radius 2 is 2.04 bits per heavy atom. The Hall–Kier alpha value is -2.94. The number of rotatable bonds is 6. The fraction of sp³-hybridized carbons (Fsp3) is 0.235. The maximum atomic E-state index is 12.9. The van der Waals surface area contributed by atoms with E-state index in [1.54, 1.807) is 23.5 Å². The lowest BCUT2D eigenvalue weighted by atomic mass is 10.1. The van der Waals surface area contributed by atoms with Crippen LogP contribution in [0.3, 0.4) is 0 Å². The van der Waals surface area contributed by atoms with Gasteiger partial charge in [0, 0.05) is 18.3 Å². The Morgan fingerprint density at radius 3 is 2.77 bits per heavy atom. The number of hydrazone groups is 1. The Morgan fingerprint density at radius 1 is 1.19 bits per heavy atom. The van der Waals surface area contributed by atoms with E-state index in [4.69, 9.17) is 4.74 Å². The maximum Gasteiger partial charge on any atom is 0.416 e. The van der Waals surface area contributed by atoms with E-state index in [0.717, 1.165) is 11.8 Å². The molecule has 0 spiro atoms. The second-order valence-electron chi connectivity index (χ2n) is 5.64. The number of hydrogen-bond donors (Lipinski definition) is 3. The Kier molecular flexibility index (Phi) is 5.17. The quantitative estimate of drug-likeness (QED) is 0.686. The van der Waals surface area contributed by atoms with Crippen LogP contribution in [0.4, 0.5) is 24.5 Å². The third kappa shape index (κ3) is 4.37. The highest BCUT2D eigenvalue weighted by Gasteiger charge is 2.32. The summed E-state index contributed by atoms with van der Waals surface area (Å²) in [6, 6.07) is 11.5. The largest absolute Gasteiger partial charge is 0.492 e. The van der Waals surface area contributed by atoms with E-state index in [-0.39, 0.29) is 5.56 Å². The molecule has 1 aliphatic rings. The van der Waals surface area contributed by atoms with Crippen molar-refractivity contribution in [1.82, 2.24) is 11.1 Å². The fourth-order valence-electron chi connectivity index (χ4n) is 2.45. The minimum atomic E-state index is -4.36. The molecule has 2 aromatic rings. The first kappa shape index (κ1) is 17.9. The summed E-state index contributed by atoms with van der Waals surface area (Å²) in [6.45, 7) is 2.12. The molecule has 3 N–H and O–H groups in total.